The van der Waals surface area contributed by atoms with E-state index in [1.165, 1.54) is 7.11 Å². The zero-order chi connectivity index (χ0) is 13.2. The second-order valence-corrected chi connectivity index (χ2v) is 5.13. The lowest BCUT2D eigenvalue weighted by Crippen LogP contribution is -1.91. The first-order chi connectivity index (χ1) is 9.29. The third-order valence-corrected chi connectivity index (χ3v) is 3.71. The highest BCUT2D eigenvalue weighted by molar-refractivity contribution is 7.15. The van der Waals surface area contributed by atoms with Crippen LogP contribution in [0.25, 0.3) is 16.2 Å². The fraction of sp³-hybridized carbons (Fsp3) is 0.0769. The molecular weight excluding hydrogens is 282 g/mol. The van der Waals surface area contributed by atoms with Gasteiger partial charge in [-0.05, 0) is 12.1 Å². The summed E-state index contributed by atoms with van der Waals surface area (Å²) >= 11 is 7.49. The maximum Gasteiger partial charge on any atom is 0.194 e. The van der Waals surface area contributed by atoms with Gasteiger partial charge in [0.15, 0.2) is 4.96 Å². The molecule has 0 saturated carbocycles. The fourth-order valence-electron chi connectivity index (χ4n) is 1.85. The van der Waals surface area contributed by atoms with Gasteiger partial charge in [-0.15, -0.1) is 11.3 Å². The summed E-state index contributed by atoms with van der Waals surface area (Å²) in [4.78, 5) is 10.3. The molecule has 0 fully saturated rings. The monoisotopic (exact) mass is 291 g/mol. The molecule has 2 aromatic heterocycles. The van der Waals surface area contributed by atoms with E-state index in [2.05, 4.69) is 10.1 Å². The van der Waals surface area contributed by atoms with E-state index in [0.717, 1.165) is 21.9 Å². The number of imidazole rings is 1. The third-order valence-electron chi connectivity index (χ3n) is 2.70. The second kappa shape index (κ2) is 5.03. The fourth-order valence-corrected chi connectivity index (χ4v) is 2.70. The van der Waals surface area contributed by atoms with Crippen molar-refractivity contribution in [1.29, 1.82) is 0 Å². The average molecular weight is 292 g/mol. The van der Waals surface area contributed by atoms with Gasteiger partial charge in [-0.3, -0.25) is 4.40 Å². The second-order valence-electron chi connectivity index (χ2n) is 3.83. The Morgan fingerprint density at radius 2 is 2.16 bits per heavy atom. The number of rotatable bonds is 3. The number of hydrogen-bond acceptors (Lipinski definition) is 4. The predicted octanol–water partition coefficient (Wildman–Crippen LogP) is 3.70. The highest BCUT2D eigenvalue weighted by Gasteiger charge is 2.13. The summed E-state index contributed by atoms with van der Waals surface area (Å²) in [5, 5.41) is 6.53. The Balaban J connectivity index is 2.19. The first-order valence-electron chi connectivity index (χ1n) is 5.57. The topological polar surface area (TPSA) is 38.9 Å². The zero-order valence-corrected chi connectivity index (χ0v) is 11.6. The molecule has 0 aliphatic heterocycles. The first kappa shape index (κ1) is 12.2. The standard InChI is InChI=1S/C13H10ClN3OS/c1-18-15-8-11-12(9-2-4-10(14)5-3-9)16-13-17(11)6-7-19-13/h2-8H,1H3/b15-8+. The van der Waals surface area contributed by atoms with E-state index in [-0.39, 0.29) is 0 Å². The van der Waals surface area contributed by atoms with Crippen molar-refractivity contribution in [2.45, 2.75) is 0 Å². The molecule has 0 N–H and O–H groups in total. The van der Waals surface area contributed by atoms with Crippen LogP contribution in [0.4, 0.5) is 0 Å². The lowest BCUT2D eigenvalue weighted by molar-refractivity contribution is 0.215. The number of benzene rings is 1. The lowest BCUT2D eigenvalue weighted by atomic mass is 10.1. The van der Waals surface area contributed by atoms with Crippen LogP contribution in [0.1, 0.15) is 5.69 Å². The zero-order valence-electron chi connectivity index (χ0n) is 10.1. The number of oxime groups is 1. The largest absolute Gasteiger partial charge is 0.399 e. The van der Waals surface area contributed by atoms with Crippen molar-refractivity contribution >= 4 is 34.1 Å². The Morgan fingerprint density at radius 3 is 2.89 bits per heavy atom. The maximum atomic E-state index is 5.91. The number of halogens is 1. The Bertz CT molecular complexity index is 730. The molecule has 4 nitrogen and oxygen atoms in total. The maximum absolute atomic E-state index is 5.91. The van der Waals surface area contributed by atoms with E-state index >= 15 is 0 Å². The van der Waals surface area contributed by atoms with Gasteiger partial charge in [-0.1, -0.05) is 28.9 Å². The van der Waals surface area contributed by atoms with Crippen LogP contribution < -0.4 is 0 Å². The number of thiazole rings is 1. The number of hydrogen-bond donors (Lipinski definition) is 0. The minimum absolute atomic E-state index is 0.705. The van der Waals surface area contributed by atoms with Crippen LogP contribution in [0.5, 0.6) is 0 Å². The van der Waals surface area contributed by atoms with Crippen molar-refractivity contribution < 1.29 is 4.84 Å². The van der Waals surface area contributed by atoms with Gasteiger partial charge in [-0.25, -0.2) is 4.98 Å². The summed E-state index contributed by atoms with van der Waals surface area (Å²) < 4.78 is 1.98. The van der Waals surface area contributed by atoms with Gasteiger partial charge >= 0.3 is 0 Å². The summed E-state index contributed by atoms with van der Waals surface area (Å²) in [5.41, 5.74) is 2.75. The number of fused-ring (bicyclic) bond motifs is 1. The van der Waals surface area contributed by atoms with Crippen LogP contribution in [0.3, 0.4) is 0 Å². The predicted molar refractivity (Wildman–Crippen MR) is 78.1 cm³/mol. The average Bonchev–Trinajstić information content (AvgIpc) is 2.98. The normalized spacial score (nSPS) is 11.5. The summed E-state index contributed by atoms with van der Waals surface area (Å²) in [5.74, 6) is 0. The Labute approximate surface area is 118 Å². The van der Waals surface area contributed by atoms with Crippen molar-refractivity contribution in [3.63, 3.8) is 0 Å². The van der Waals surface area contributed by atoms with Crippen molar-refractivity contribution in [2.75, 3.05) is 7.11 Å². The molecule has 0 aliphatic carbocycles. The van der Waals surface area contributed by atoms with Gasteiger partial charge in [0, 0.05) is 22.2 Å². The molecule has 0 spiro atoms. The van der Waals surface area contributed by atoms with Crippen LogP contribution in [0.15, 0.2) is 41.0 Å². The van der Waals surface area contributed by atoms with Gasteiger partial charge in [0.1, 0.15) is 7.11 Å². The van der Waals surface area contributed by atoms with Crippen molar-refractivity contribution in [3.8, 4) is 11.3 Å². The van der Waals surface area contributed by atoms with Gasteiger partial charge < -0.3 is 4.84 Å². The Hall–Kier alpha value is -1.85. The first-order valence-corrected chi connectivity index (χ1v) is 6.83. The van der Waals surface area contributed by atoms with Crippen molar-refractivity contribution in [3.05, 3.63) is 46.6 Å². The Morgan fingerprint density at radius 1 is 1.37 bits per heavy atom. The van der Waals surface area contributed by atoms with Crippen LogP contribution in [-0.2, 0) is 4.84 Å². The lowest BCUT2D eigenvalue weighted by Gasteiger charge is -1.99. The molecule has 96 valence electrons. The highest BCUT2D eigenvalue weighted by Crippen LogP contribution is 2.26. The molecule has 0 aliphatic rings. The van der Waals surface area contributed by atoms with E-state index in [4.69, 9.17) is 16.4 Å². The van der Waals surface area contributed by atoms with E-state index in [9.17, 15) is 0 Å². The van der Waals surface area contributed by atoms with E-state index < -0.39 is 0 Å². The van der Waals surface area contributed by atoms with E-state index in [0.29, 0.717) is 5.02 Å². The van der Waals surface area contributed by atoms with Crippen LogP contribution in [0.2, 0.25) is 5.02 Å². The summed E-state index contributed by atoms with van der Waals surface area (Å²) in [6.45, 7) is 0. The summed E-state index contributed by atoms with van der Waals surface area (Å²) in [6, 6.07) is 7.58. The number of aromatic nitrogens is 2. The van der Waals surface area contributed by atoms with E-state index in [1.807, 2.05) is 40.2 Å². The molecule has 0 radical (unpaired) electrons. The Kier molecular flexibility index (Phi) is 3.23. The molecule has 0 bridgehead atoms. The molecule has 0 atom stereocenters. The van der Waals surface area contributed by atoms with Gasteiger partial charge in [0.2, 0.25) is 0 Å². The number of nitrogens with zero attached hydrogens (tertiary/aromatic N) is 3. The molecule has 2 heterocycles. The minimum atomic E-state index is 0.705. The van der Waals surface area contributed by atoms with Crippen LogP contribution in [0, 0.1) is 0 Å². The highest BCUT2D eigenvalue weighted by atomic mass is 35.5. The molecule has 3 rings (SSSR count). The van der Waals surface area contributed by atoms with Crippen molar-refractivity contribution in [1.82, 2.24) is 9.38 Å². The minimum Gasteiger partial charge on any atom is -0.399 e. The van der Waals surface area contributed by atoms with Crippen molar-refractivity contribution in [2.24, 2.45) is 5.16 Å². The quantitative estimate of drug-likeness (QED) is 0.545. The van der Waals surface area contributed by atoms with Gasteiger partial charge in [-0.2, -0.15) is 0 Å². The molecule has 0 amide bonds. The molecule has 19 heavy (non-hydrogen) atoms. The smallest absolute Gasteiger partial charge is 0.194 e. The summed E-state index contributed by atoms with van der Waals surface area (Å²) in [7, 11) is 1.52. The van der Waals surface area contributed by atoms with Gasteiger partial charge in [0.05, 0.1) is 17.6 Å². The third kappa shape index (κ3) is 2.22. The van der Waals surface area contributed by atoms with Crippen LogP contribution >= 0.6 is 22.9 Å². The van der Waals surface area contributed by atoms with E-state index in [1.54, 1.807) is 17.6 Å². The molecule has 0 unspecified atom stereocenters. The molecular formula is C13H10ClN3OS. The van der Waals surface area contributed by atoms with Gasteiger partial charge in [0.25, 0.3) is 0 Å². The molecule has 3 aromatic rings. The molecule has 6 heteroatoms. The summed E-state index contributed by atoms with van der Waals surface area (Å²) in [6.07, 6.45) is 3.63. The SMILES string of the molecule is CO/N=C/c1c(-c2ccc(Cl)cc2)nc2sccn12. The molecule has 1 aromatic carbocycles. The van der Waals surface area contributed by atoms with Crippen LogP contribution in [-0.4, -0.2) is 22.7 Å². The molecule has 0 saturated heterocycles.